The fraction of sp³-hybridized carbons (Fsp3) is 0.692. The molecule has 0 N–H and O–H groups in total. The maximum absolute atomic E-state index is 4.16. The van der Waals surface area contributed by atoms with Gasteiger partial charge in [-0.25, -0.2) is 0 Å². The van der Waals surface area contributed by atoms with E-state index in [-0.39, 0.29) is 0 Å². The van der Waals surface area contributed by atoms with Crippen LogP contribution in [0.4, 0.5) is 0 Å². The highest BCUT2D eigenvalue weighted by atomic mass is 14.3. The summed E-state index contributed by atoms with van der Waals surface area (Å²) in [4.78, 5) is 0. The zero-order chi connectivity index (χ0) is 9.84. The van der Waals surface area contributed by atoms with E-state index < -0.39 is 0 Å². The van der Waals surface area contributed by atoms with E-state index in [0.29, 0.717) is 11.8 Å². The number of allylic oxidation sites excluding steroid dienone is 3. The molecule has 2 unspecified atom stereocenters. The Morgan fingerprint density at radius 2 is 1.85 bits per heavy atom. The van der Waals surface area contributed by atoms with E-state index in [9.17, 15) is 0 Å². The Balaban J connectivity index is 2.58. The molecule has 0 heterocycles. The smallest absolute Gasteiger partial charge is 0.0194 e. The van der Waals surface area contributed by atoms with Crippen LogP contribution in [0.3, 0.4) is 0 Å². The molecule has 0 bridgehead atoms. The summed E-state index contributed by atoms with van der Waals surface area (Å²) >= 11 is 0. The van der Waals surface area contributed by atoms with E-state index >= 15 is 0 Å². The van der Waals surface area contributed by atoms with Gasteiger partial charge in [0.1, 0.15) is 0 Å². The van der Waals surface area contributed by atoms with E-state index in [4.69, 9.17) is 0 Å². The molecule has 0 nitrogen and oxygen atoms in total. The van der Waals surface area contributed by atoms with Gasteiger partial charge in [0, 0.05) is 0 Å². The van der Waals surface area contributed by atoms with Crippen LogP contribution in [-0.4, -0.2) is 0 Å². The average molecular weight is 178 g/mol. The Kier molecular flexibility index (Phi) is 3.77. The predicted molar refractivity (Wildman–Crippen MR) is 59.7 cm³/mol. The minimum absolute atomic E-state index is 0.701. The predicted octanol–water partition coefficient (Wildman–Crippen LogP) is 4.34. The largest absolute Gasteiger partial charge is 0.0993 e. The van der Waals surface area contributed by atoms with Gasteiger partial charge < -0.3 is 0 Å². The van der Waals surface area contributed by atoms with Gasteiger partial charge in [0.2, 0.25) is 0 Å². The molecule has 0 saturated heterocycles. The van der Waals surface area contributed by atoms with Gasteiger partial charge in [-0.3, -0.25) is 0 Å². The molecule has 0 heteroatoms. The van der Waals surface area contributed by atoms with Crippen molar-refractivity contribution in [2.24, 2.45) is 11.8 Å². The van der Waals surface area contributed by atoms with Crippen LogP contribution in [0.15, 0.2) is 23.8 Å². The van der Waals surface area contributed by atoms with Gasteiger partial charge in [0.25, 0.3) is 0 Å². The maximum Gasteiger partial charge on any atom is -0.0194 e. The summed E-state index contributed by atoms with van der Waals surface area (Å²) in [5, 5.41) is 0. The lowest BCUT2D eigenvalue weighted by molar-refractivity contribution is 0.481. The van der Waals surface area contributed by atoms with Crippen LogP contribution >= 0.6 is 0 Å². The van der Waals surface area contributed by atoms with Crippen LogP contribution in [-0.2, 0) is 0 Å². The van der Waals surface area contributed by atoms with Crippen molar-refractivity contribution in [3.8, 4) is 0 Å². The summed E-state index contributed by atoms with van der Waals surface area (Å²) in [6.45, 7) is 11.0. The van der Waals surface area contributed by atoms with Gasteiger partial charge in [-0.05, 0) is 31.1 Å². The van der Waals surface area contributed by atoms with E-state index in [1.54, 1.807) is 5.57 Å². The Morgan fingerprint density at radius 3 is 2.31 bits per heavy atom. The quantitative estimate of drug-likeness (QED) is 0.552. The van der Waals surface area contributed by atoms with Crippen LogP contribution in [0.25, 0.3) is 0 Å². The lowest BCUT2D eigenvalue weighted by Gasteiger charge is -2.29. The summed E-state index contributed by atoms with van der Waals surface area (Å²) in [5.41, 5.74) is 3.11. The molecule has 0 aromatic rings. The molecule has 0 amide bonds. The van der Waals surface area contributed by atoms with E-state index in [2.05, 4.69) is 33.4 Å². The van der Waals surface area contributed by atoms with Crippen LogP contribution in [0, 0.1) is 11.8 Å². The average Bonchev–Trinajstić information content (AvgIpc) is 2.10. The molecule has 1 aliphatic carbocycles. The first-order valence-electron chi connectivity index (χ1n) is 5.51. The lowest BCUT2D eigenvalue weighted by atomic mass is 9.76. The summed E-state index contributed by atoms with van der Waals surface area (Å²) in [6, 6.07) is 0. The monoisotopic (exact) mass is 178 g/mol. The number of hydrogen-bond donors (Lipinski definition) is 0. The number of hydrogen-bond acceptors (Lipinski definition) is 0. The SMILES string of the molecule is C=C1C(C)CC(=CCCC)CC1C. The van der Waals surface area contributed by atoms with Crippen molar-refractivity contribution >= 4 is 0 Å². The molecule has 0 spiro atoms. The van der Waals surface area contributed by atoms with Gasteiger partial charge >= 0.3 is 0 Å². The van der Waals surface area contributed by atoms with Gasteiger partial charge in [-0.1, -0.05) is 51.0 Å². The van der Waals surface area contributed by atoms with Gasteiger partial charge in [-0.15, -0.1) is 0 Å². The summed E-state index contributed by atoms with van der Waals surface area (Å²) in [7, 11) is 0. The van der Waals surface area contributed by atoms with Crippen molar-refractivity contribution in [1.29, 1.82) is 0 Å². The summed E-state index contributed by atoms with van der Waals surface area (Å²) in [6.07, 6.45) is 7.47. The summed E-state index contributed by atoms with van der Waals surface area (Å²) < 4.78 is 0. The second-order valence-corrected chi connectivity index (χ2v) is 4.44. The first kappa shape index (κ1) is 10.6. The molecule has 13 heavy (non-hydrogen) atoms. The van der Waals surface area contributed by atoms with Crippen LogP contribution in [0.5, 0.6) is 0 Å². The van der Waals surface area contributed by atoms with Crippen molar-refractivity contribution in [1.82, 2.24) is 0 Å². The molecular weight excluding hydrogens is 156 g/mol. The highest BCUT2D eigenvalue weighted by Crippen LogP contribution is 2.36. The molecule has 74 valence electrons. The summed E-state index contributed by atoms with van der Waals surface area (Å²) in [5.74, 6) is 1.40. The van der Waals surface area contributed by atoms with E-state index in [1.807, 2.05) is 0 Å². The number of unbranched alkanes of at least 4 members (excludes halogenated alkanes) is 1. The van der Waals surface area contributed by atoms with Gasteiger partial charge in [0.05, 0.1) is 0 Å². The molecule has 0 radical (unpaired) electrons. The highest BCUT2D eigenvalue weighted by molar-refractivity contribution is 5.19. The third-order valence-electron chi connectivity index (χ3n) is 3.12. The molecule has 1 aliphatic rings. The highest BCUT2D eigenvalue weighted by Gasteiger charge is 2.21. The second-order valence-electron chi connectivity index (χ2n) is 4.44. The molecule has 2 atom stereocenters. The third-order valence-corrected chi connectivity index (χ3v) is 3.12. The second kappa shape index (κ2) is 4.64. The Hall–Kier alpha value is -0.520. The Morgan fingerprint density at radius 1 is 1.31 bits per heavy atom. The maximum atomic E-state index is 4.16. The van der Waals surface area contributed by atoms with Crippen LogP contribution in [0.2, 0.25) is 0 Å². The first-order valence-corrected chi connectivity index (χ1v) is 5.51. The number of rotatable bonds is 2. The fourth-order valence-corrected chi connectivity index (χ4v) is 2.13. The molecule has 0 aromatic heterocycles. The molecule has 1 saturated carbocycles. The zero-order valence-corrected chi connectivity index (χ0v) is 9.27. The first-order chi connectivity index (χ1) is 6.15. The molecule has 0 aliphatic heterocycles. The Bertz CT molecular complexity index is 194. The molecular formula is C13H22. The zero-order valence-electron chi connectivity index (χ0n) is 9.27. The third kappa shape index (κ3) is 2.72. The van der Waals surface area contributed by atoms with Gasteiger partial charge in [-0.2, -0.15) is 0 Å². The Labute approximate surface area is 82.7 Å². The molecule has 1 rings (SSSR count). The van der Waals surface area contributed by atoms with Crippen LogP contribution in [0.1, 0.15) is 46.5 Å². The molecule has 0 aromatic carbocycles. The van der Waals surface area contributed by atoms with E-state index in [0.717, 1.165) is 0 Å². The van der Waals surface area contributed by atoms with Crippen molar-refractivity contribution in [3.05, 3.63) is 23.8 Å². The minimum atomic E-state index is 0.701. The molecule has 1 fully saturated rings. The standard InChI is InChI=1S/C13H22/c1-5-6-7-13-8-10(2)12(4)11(3)9-13/h7,10-11H,4-6,8-9H2,1-3H3. The van der Waals surface area contributed by atoms with Crippen LogP contribution < -0.4 is 0 Å². The lowest BCUT2D eigenvalue weighted by Crippen LogP contribution is -2.15. The van der Waals surface area contributed by atoms with Crippen molar-refractivity contribution in [2.75, 3.05) is 0 Å². The van der Waals surface area contributed by atoms with Crippen molar-refractivity contribution in [2.45, 2.75) is 46.5 Å². The topological polar surface area (TPSA) is 0 Å². The van der Waals surface area contributed by atoms with Crippen molar-refractivity contribution < 1.29 is 0 Å². The van der Waals surface area contributed by atoms with E-state index in [1.165, 1.54) is 31.3 Å². The normalized spacial score (nSPS) is 29.2. The van der Waals surface area contributed by atoms with Crippen molar-refractivity contribution in [3.63, 3.8) is 0 Å². The fourth-order valence-electron chi connectivity index (χ4n) is 2.13. The minimum Gasteiger partial charge on any atom is -0.0993 e. The van der Waals surface area contributed by atoms with Gasteiger partial charge in [0.15, 0.2) is 0 Å².